The Bertz CT molecular complexity index is 603. The normalized spacial score (nSPS) is 11.0. The van der Waals surface area contributed by atoms with Crippen LogP contribution in [0.2, 0.25) is 0 Å². The Morgan fingerprint density at radius 2 is 2.20 bits per heavy atom. The molecular weight excluding hydrogens is 276 g/mol. The minimum Gasteiger partial charge on any atom is -0.395 e. The lowest BCUT2D eigenvalue weighted by Crippen LogP contribution is -2.14. The summed E-state index contributed by atoms with van der Waals surface area (Å²) in [6.07, 6.45) is 1.54. The molecule has 0 saturated carbocycles. The molecule has 2 aromatic heterocycles. The monoisotopic (exact) mass is 294 g/mol. The van der Waals surface area contributed by atoms with Gasteiger partial charge in [-0.2, -0.15) is 5.10 Å². The zero-order valence-corrected chi connectivity index (χ0v) is 12.5. The number of carbonyl (C=O) groups is 1. The maximum atomic E-state index is 12.1. The summed E-state index contributed by atoms with van der Waals surface area (Å²) in [6.45, 7) is 6.15. The minimum absolute atomic E-state index is 0.197. The van der Waals surface area contributed by atoms with Gasteiger partial charge in [0.2, 0.25) is 5.13 Å². The number of nitrogens with zero attached hydrogens (tertiary/aromatic N) is 3. The fourth-order valence-electron chi connectivity index (χ4n) is 1.72. The highest BCUT2D eigenvalue weighted by Gasteiger charge is 2.18. The van der Waals surface area contributed by atoms with Gasteiger partial charge in [-0.05, 0) is 12.3 Å². The van der Waals surface area contributed by atoms with Gasteiger partial charge in [-0.3, -0.25) is 15.2 Å². The molecule has 0 atom stereocenters. The van der Waals surface area contributed by atoms with Gasteiger partial charge in [0.15, 0.2) is 5.69 Å². The number of aromatic amines is 1. The highest BCUT2D eigenvalue weighted by atomic mass is 32.1. The molecule has 1 amide bonds. The molecule has 2 aromatic rings. The van der Waals surface area contributed by atoms with E-state index in [9.17, 15) is 4.79 Å². The van der Waals surface area contributed by atoms with Gasteiger partial charge in [-0.15, -0.1) is 10.2 Å². The third-order valence-corrected chi connectivity index (χ3v) is 3.58. The van der Waals surface area contributed by atoms with E-state index in [4.69, 9.17) is 5.73 Å². The number of anilines is 2. The number of nitrogen functional groups attached to an aromatic ring is 1. The van der Waals surface area contributed by atoms with Gasteiger partial charge in [0, 0.05) is 6.42 Å². The van der Waals surface area contributed by atoms with Crippen LogP contribution in [-0.4, -0.2) is 26.3 Å². The molecule has 108 valence electrons. The number of aryl methyl sites for hydroxylation is 1. The second kappa shape index (κ2) is 6.00. The van der Waals surface area contributed by atoms with Gasteiger partial charge in [-0.25, -0.2) is 0 Å². The Balaban J connectivity index is 2.07. The van der Waals surface area contributed by atoms with E-state index in [1.807, 2.05) is 6.92 Å². The van der Waals surface area contributed by atoms with Gasteiger partial charge in [0.1, 0.15) is 5.01 Å². The highest BCUT2D eigenvalue weighted by molar-refractivity contribution is 7.15. The third-order valence-electron chi connectivity index (χ3n) is 2.72. The molecule has 20 heavy (non-hydrogen) atoms. The van der Waals surface area contributed by atoms with Crippen LogP contribution in [0.4, 0.5) is 10.8 Å². The standard InChI is InChI=1S/C12H18N6OS/c1-4-7-9(13)10(17-15-7)11(19)14-12-18-16-8(20-12)5-6(2)3/h6H,4-5,13H2,1-3H3,(H,15,17)(H,14,18,19). The Kier molecular flexibility index (Phi) is 4.33. The summed E-state index contributed by atoms with van der Waals surface area (Å²) >= 11 is 1.37. The fraction of sp³-hybridized carbons (Fsp3) is 0.500. The Labute approximate surface area is 121 Å². The summed E-state index contributed by atoms with van der Waals surface area (Å²) in [7, 11) is 0. The van der Waals surface area contributed by atoms with Crippen LogP contribution in [0, 0.1) is 5.92 Å². The van der Waals surface area contributed by atoms with Gasteiger partial charge >= 0.3 is 0 Å². The van der Waals surface area contributed by atoms with Crippen molar-refractivity contribution >= 4 is 28.1 Å². The molecule has 0 aliphatic carbocycles. The van der Waals surface area contributed by atoms with E-state index in [0.29, 0.717) is 23.2 Å². The van der Waals surface area contributed by atoms with E-state index >= 15 is 0 Å². The average molecular weight is 294 g/mol. The van der Waals surface area contributed by atoms with Crippen molar-refractivity contribution in [3.63, 3.8) is 0 Å². The first kappa shape index (κ1) is 14.4. The molecule has 2 rings (SSSR count). The zero-order valence-electron chi connectivity index (χ0n) is 11.7. The predicted octanol–water partition coefficient (Wildman–Crippen LogP) is 1.86. The van der Waals surface area contributed by atoms with Gasteiger partial charge in [0.25, 0.3) is 5.91 Å². The number of hydrogen-bond acceptors (Lipinski definition) is 6. The largest absolute Gasteiger partial charge is 0.395 e. The lowest BCUT2D eigenvalue weighted by atomic mass is 10.1. The molecule has 0 unspecified atom stereocenters. The van der Waals surface area contributed by atoms with Crippen molar-refractivity contribution in [2.45, 2.75) is 33.6 Å². The van der Waals surface area contributed by atoms with Crippen molar-refractivity contribution in [1.29, 1.82) is 0 Å². The summed E-state index contributed by atoms with van der Waals surface area (Å²) < 4.78 is 0. The van der Waals surface area contributed by atoms with Crippen molar-refractivity contribution in [3.05, 3.63) is 16.4 Å². The number of nitrogens with two attached hydrogens (primary N) is 1. The third kappa shape index (κ3) is 3.13. The van der Waals surface area contributed by atoms with E-state index in [2.05, 4.69) is 39.6 Å². The molecule has 0 spiro atoms. The van der Waals surface area contributed by atoms with Crippen LogP contribution in [0.1, 0.15) is 42.0 Å². The molecule has 4 N–H and O–H groups in total. The van der Waals surface area contributed by atoms with E-state index in [-0.39, 0.29) is 11.6 Å². The number of carbonyl (C=O) groups excluding carboxylic acids is 1. The SMILES string of the molecule is CCc1[nH]nc(C(=O)Nc2nnc(CC(C)C)s2)c1N. The Morgan fingerprint density at radius 1 is 1.45 bits per heavy atom. The number of amides is 1. The van der Waals surface area contributed by atoms with E-state index in [0.717, 1.165) is 17.1 Å². The van der Waals surface area contributed by atoms with Crippen molar-refractivity contribution in [2.75, 3.05) is 11.1 Å². The van der Waals surface area contributed by atoms with Crippen LogP contribution >= 0.6 is 11.3 Å². The molecule has 0 saturated heterocycles. The molecule has 0 aliphatic rings. The fourth-order valence-corrected chi connectivity index (χ4v) is 2.67. The molecule has 7 nitrogen and oxygen atoms in total. The average Bonchev–Trinajstić information content (AvgIpc) is 2.95. The number of nitrogens with one attached hydrogen (secondary N) is 2. The van der Waals surface area contributed by atoms with Gasteiger partial charge < -0.3 is 5.73 Å². The van der Waals surface area contributed by atoms with Crippen molar-refractivity contribution in [1.82, 2.24) is 20.4 Å². The van der Waals surface area contributed by atoms with Crippen LogP contribution in [0.3, 0.4) is 0 Å². The number of H-pyrrole nitrogens is 1. The second-order valence-electron chi connectivity index (χ2n) is 4.87. The first-order valence-corrected chi connectivity index (χ1v) is 7.29. The van der Waals surface area contributed by atoms with Crippen LogP contribution in [0.5, 0.6) is 0 Å². The van der Waals surface area contributed by atoms with E-state index in [1.54, 1.807) is 0 Å². The molecule has 0 aliphatic heterocycles. The van der Waals surface area contributed by atoms with Gasteiger partial charge in [0.05, 0.1) is 11.4 Å². The van der Waals surface area contributed by atoms with Crippen molar-refractivity contribution < 1.29 is 4.79 Å². The number of rotatable bonds is 5. The second-order valence-corrected chi connectivity index (χ2v) is 5.93. The topological polar surface area (TPSA) is 110 Å². The molecule has 2 heterocycles. The summed E-state index contributed by atoms with van der Waals surface area (Å²) in [5, 5.41) is 18.7. The Morgan fingerprint density at radius 3 is 2.80 bits per heavy atom. The molecule has 8 heteroatoms. The summed E-state index contributed by atoms with van der Waals surface area (Å²) in [4.78, 5) is 12.1. The summed E-state index contributed by atoms with van der Waals surface area (Å²) in [5.41, 5.74) is 7.19. The summed E-state index contributed by atoms with van der Waals surface area (Å²) in [6, 6.07) is 0. The number of aromatic nitrogens is 4. The molecular formula is C12H18N6OS. The van der Waals surface area contributed by atoms with Crippen molar-refractivity contribution in [3.8, 4) is 0 Å². The molecule has 0 aromatic carbocycles. The highest BCUT2D eigenvalue weighted by Crippen LogP contribution is 2.20. The van der Waals surface area contributed by atoms with Crippen LogP contribution in [0.25, 0.3) is 0 Å². The molecule has 0 radical (unpaired) electrons. The zero-order chi connectivity index (χ0) is 14.7. The quantitative estimate of drug-likeness (QED) is 0.779. The van der Waals surface area contributed by atoms with Crippen LogP contribution in [0.15, 0.2) is 0 Å². The molecule has 0 bridgehead atoms. The maximum absolute atomic E-state index is 12.1. The predicted molar refractivity (Wildman–Crippen MR) is 78.8 cm³/mol. The first-order chi connectivity index (χ1) is 9.51. The smallest absolute Gasteiger partial charge is 0.280 e. The van der Waals surface area contributed by atoms with E-state index in [1.165, 1.54) is 11.3 Å². The number of hydrogen-bond donors (Lipinski definition) is 3. The maximum Gasteiger partial charge on any atom is 0.280 e. The van der Waals surface area contributed by atoms with Gasteiger partial charge in [-0.1, -0.05) is 32.1 Å². The summed E-state index contributed by atoms with van der Waals surface area (Å²) in [5.74, 6) is 0.131. The first-order valence-electron chi connectivity index (χ1n) is 6.47. The van der Waals surface area contributed by atoms with Crippen LogP contribution in [-0.2, 0) is 12.8 Å². The van der Waals surface area contributed by atoms with Crippen LogP contribution < -0.4 is 11.1 Å². The lowest BCUT2D eigenvalue weighted by molar-refractivity contribution is 0.102. The minimum atomic E-state index is -0.370. The lowest BCUT2D eigenvalue weighted by Gasteiger charge is -1.99. The Hall–Kier alpha value is -1.96. The van der Waals surface area contributed by atoms with Crippen molar-refractivity contribution in [2.24, 2.45) is 5.92 Å². The molecule has 0 fully saturated rings. The van der Waals surface area contributed by atoms with E-state index < -0.39 is 0 Å².